The second-order valence-corrected chi connectivity index (χ2v) is 4.55. The number of rotatable bonds is 3. The molecule has 2 aromatic carbocycles. The first-order valence-electron chi connectivity index (χ1n) is 6.23. The van der Waals surface area contributed by atoms with Crippen LogP contribution in [0.1, 0.15) is 10.4 Å². The second-order valence-electron chi connectivity index (χ2n) is 4.55. The number of anilines is 2. The molecule has 0 aliphatic carbocycles. The van der Waals surface area contributed by atoms with Gasteiger partial charge in [0.2, 0.25) is 11.9 Å². The first-order valence-corrected chi connectivity index (χ1v) is 6.23. The summed E-state index contributed by atoms with van der Waals surface area (Å²) in [6.07, 6.45) is 0. The molecule has 0 radical (unpaired) electrons. The van der Waals surface area contributed by atoms with Gasteiger partial charge in [0.25, 0.3) is 0 Å². The maximum Gasteiger partial charge on any atom is 0.248 e. The van der Waals surface area contributed by atoms with Crippen molar-refractivity contribution in [1.29, 1.82) is 0 Å². The molecular formula is C15H14N4O. The molecule has 0 aliphatic rings. The van der Waals surface area contributed by atoms with E-state index in [2.05, 4.69) is 10.3 Å². The van der Waals surface area contributed by atoms with Crippen LogP contribution in [0.3, 0.4) is 0 Å². The largest absolute Gasteiger partial charge is 0.366 e. The molecular weight excluding hydrogens is 252 g/mol. The third kappa shape index (κ3) is 2.09. The van der Waals surface area contributed by atoms with Gasteiger partial charge in [-0.25, -0.2) is 4.98 Å². The molecule has 3 rings (SSSR count). The summed E-state index contributed by atoms with van der Waals surface area (Å²) in [6.45, 7) is 0. The number of aryl methyl sites for hydroxylation is 1. The smallest absolute Gasteiger partial charge is 0.248 e. The summed E-state index contributed by atoms with van der Waals surface area (Å²) in [5, 5.41) is 3.23. The quantitative estimate of drug-likeness (QED) is 0.764. The molecule has 3 N–H and O–H groups in total. The summed E-state index contributed by atoms with van der Waals surface area (Å²) >= 11 is 0. The van der Waals surface area contributed by atoms with Gasteiger partial charge >= 0.3 is 0 Å². The van der Waals surface area contributed by atoms with Crippen LogP contribution in [0.2, 0.25) is 0 Å². The van der Waals surface area contributed by atoms with Crippen molar-refractivity contribution in [3.05, 3.63) is 54.1 Å². The highest BCUT2D eigenvalue weighted by atomic mass is 16.1. The van der Waals surface area contributed by atoms with E-state index < -0.39 is 5.91 Å². The van der Waals surface area contributed by atoms with Crippen LogP contribution in [-0.2, 0) is 7.05 Å². The molecule has 0 saturated heterocycles. The molecule has 100 valence electrons. The second kappa shape index (κ2) is 4.70. The van der Waals surface area contributed by atoms with E-state index in [9.17, 15) is 4.79 Å². The van der Waals surface area contributed by atoms with Gasteiger partial charge in [-0.1, -0.05) is 12.1 Å². The summed E-state index contributed by atoms with van der Waals surface area (Å²) in [7, 11) is 1.95. The van der Waals surface area contributed by atoms with Crippen molar-refractivity contribution >= 4 is 28.6 Å². The Balaban J connectivity index is 1.92. The van der Waals surface area contributed by atoms with Gasteiger partial charge in [-0.05, 0) is 36.4 Å². The lowest BCUT2D eigenvalue weighted by Gasteiger charge is -2.06. The van der Waals surface area contributed by atoms with Crippen LogP contribution in [0.15, 0.2) is 48.5 Å². The number of carbonyl (C=O) groups excluding carboxylic acids is 1. The van der Waals surface area contributed by atoms with Crippen LogP contribution in [0.4, 0.5) is 11.6 Å². The lowest BCUT2D eigenvalue weighted by molar-refractivity contribution is 0.100. The summed E-state index contributed by atoms with van der Waals surface area (Å²) in [6, 6.07) is 14.9. The molecule has 5 nitrogen and oxygen atoms in total. The lowest BCUT2D eigenvalue weighted by Crippen LogP contribution is -2.10. The average molecular weight is 266 g/mol. The first kappa shape index (κ1) is 12.2. The van der Waals surface area contributed by atoms with E-state index in [4.69, 9.17) is 5.73 Å². The fraction of sp³-hybridized carbons (Fsp3) is 0.0667. The lowest BCUT2D eigenvalue weighted by atomic mass is 10.2. The number of aromatic nitrogens is 2. The SMILES string of the molecule is Cn1c(Nc2ccc(C(N)=O)cc2)nc2ccccc21. The third-order valence-corrected chi connectivity index (χ3v) is 3.21. The zero-order valence-corrected chi connectivity index (χ0v) is 11.0. The minimum atomic E-state index is -0.431. The summed E-state index contributed by atoms with van der Waals surface area (Å²) < 4.78 is 1.98. The minimum absolute atomic E-state index is 0.431. The number of carbonyl (C=O) groups is 1. The monoisotopic (exact) mass is 266 g/mol. The Kier molecular flexibility index (Phi) is 2.87. The molecule has 0 aliphatic heterocycles. The maximum absolute atomic E-state index is 11.0. The van der Waals surface area contributed by atoms with E-state index in [-0.39, 0.29) is 0 Å². The predicted molar refractivity (Wildman–Crippen MR) is 79.0 cm³/mol. The molecule has 1 amide bonds. The summed E-state index contributed by atoms with van der Waals surface area (Å²) in [5.74, 6) is 0.317. The Hall–Kier alpha value is -2.82. The molecule has 0 bridgehead atoms. The Morgan fingerprint density at radius 3 is 2.50 bits per heavy atom. The Bertz CT molecular complexity index is 774. The highest BCUT2D eigenvalue weighted by Crippen LogP contribution is 2.21. The van der Waals surface area contributed by atoms with E-state index in [1.165, 1.54) is 0 Å². The molecule has 1 heterocycles. The van der Waals surface area contributed by atoms with Gasteiger partial charge in [-0.3, -0.25) is 4.79 Å². The van der Waals surface area contributed by atoms with Gasteiger partial charge < -0.3 is 15.6 Å². The number of primary amides is 1. The standard InChI is InChI=1S/C15H14N4O/c1-19-13-5-3-2-4-12(13)18-15(19)17-11-8-6-10(7-9-11)14(16)20/h2-9H,1H3,(H2,16,20)(H,17,18). The molecule has 0 unspecified atom stereocenters. The number of nitrogens with zero attached hydrogens (tertiary/aromatic N) is 2. The minimum Gasteiger partial charge on any atom is -0.366 e. The average Bonchev–Trinajstić information content (AvgIpc) is 2.77. The van der Waals surface area contributed by atoms with Gasteiger partial charge in [0, 0.05) is 18.3 Å². The maximum atomic E-state index is 11.0. The van der Waals surface area contributed by atoms with Crippen molar-refractivity contribution < 1.29 is 4.79 Å². The number of imidazole rings is 1. The molecule has 1 aromatic heterocycles. The summed E-state index contributed by atoms with van der Waals surface area (Å²) in [4.78, 5) is 15.6. The van der Waals surface area contributed by atoms with E-state index in [0.29, 0.717) is 5.56 Å². The Labute approximate surface area is 116 Å². The first-order chi connectivity index (χ1) is 9.65. The number of hydrogen-bond donors (Lipinski definition) is 2. The van der Waals surface area contributed by atoms with Crippen LogP contribution < -0.4 is 11.1 Å². The number of para-hydroxylation sites is 2. The number of fused-ring (bicyclic) bond motifs is 1. The van der Waals surface area contributed by atoms with Crippen molar-refractivity contribution in [3.8, 4) is 0 Å². The van der Waals surface area contributed by atoms with Gasteiger partial charge in [-0.2, -0.15) is 0 Å². The van der Waals surface area contributed by atoms with Gasteiger partial charge in [-0.15, -0.1) is 0 Å². The molecule has 0 atom stereocenters. The Morgan fingerprint density at radius 1 is 1.15 bits per heavy atom. The van der Waals surface area contributed by atoms with Crippen molar-refractivity contribution in [3.63, 3.8) is 0 Å². The van der Waals surface area contributed by atoms with Crippen LogP contribution in [0.25, 0.3) is 11.0 Å². The highest BCUT2D eigenvalue weighted by Gasteiger charge is 2.07. The van der Waals surface area contributed by atoms with Crippen molar-refractivity contribution in [2.45, 2.75) is 0 Å². The van der Waals surface area contributed by atoms with E-state index in [1.807, 2.05) is 35.9 Å². The molecule has 0 fully saturated rings. The normalized spacial score (nSPS) is 10.7. The van der Waals surface area contributed by atoms with E-state index >= 15 is 0 Å². The third-order valence-electron chi connectivity index (χ3n) is 3.21. The van der Waals surface area contributed by atoms with Crippen LogP contribution >= 0.6 is 0 Å². The fourth-order valence-electron chi connectivity index (χ4n) is 2.10. The number of nitrogens with two attached hydrogens (primary N) is 1. The number of hydrogen-bond acceptors (Lipinski definition) is 3. The number of benzene rings is 2. The van der Waals surface area contributed by atoms with Crippen molar-refractivity contribution in [1.82, 2.24) is 9.55 Å². The summed E-state index contributed by atoms with van der Waals surface area (Å²) in [5.41, 5.74) is 8.55. The molecule has 20 heavy (non-hydrogen) atoms. The molecule has 0 spiro atoms. The molecule has 3 aromatic rings. The Morgan fingerprint density at radius 2 is 1.85 bits per heavy atom. The van der Waals surface area contributed by atoms with Crippen LogP contribution in [0.5, 0.6) is 0 Å². The topological polar surface area (TPSA) is 72.9 Å². The van der Waals surface area contributed by atoms with Crippen molar-refractivity contribution in [2.75, 3.05) is 5.32 Å². The van der Waals surface area contributed by atoms with Gasteiger partial charge in [0.05, 0.1) is 11.0 Å². The number of amides is 1. The zero-order valence-electron chi connectivity index (χ0n) is 11.0. The highest BCUT2D eigenvalue weighted by molar-refractivity contribution is 5.93. The van der Waals surface area contributed by atoms with Gasteiger partial charge in [0.15, 0.2) is 0 Å². The molecule has 0 saturated carbocycles. The van der Waals surface area contributed by atoms with Crippen molar-refractivity contribution in [2.24, 2.45) is 12.8 Å². The molecule has 5 heteroatoms. The predicted octanol–water partition coefficient (Wildman–Crippen LogP) is 2.42. The fourth-order valence-corrected chi connectivity index (χ4v) is 2.10. The van der Waals surface area contributed by atoms with Crippen LogP contribution in [-0.4, -0.2) is 15.5 Å². The van der Waals surface area contributed by atoms with Gasteiger partial charge in [0.1, 0.15) is 0 Å². The zero-order chi connectivity index (χ0) is 14.1. The van der Waals surface area contributed by atoms with E-state index in [1.54, 1.807) is 24.3 Å². The van der Waals surface area contributed by atoms with Crippen LogP contribution in [0, 0.1) is 0 Å². The van der Waals surface area contributed by atoms with E-state index in [0.717, 1.165) is 22.7 Å². The number of nitrogens with one attached hydrogen (secondary N) is 1.